The Morgan fingerprint density at radius 3 is 2.33 bits per heavy atom. The number of benzene rings is 2. The predicted octanol–water partition coefficient (Wildman–Crippen LogP) is 4.58. The second-order valence-electron chi connectivity index (χ2n) is 5.54. The van der Waals surface area contributed by atoms with Crippen molar-refractivity contribution >= 4 is 28.6 Å². The van der Waals surface area contributed by atoms with Gasteiger partial charge in [0.2, 0.25) is 5.91 Å². The fraction of sp³-hybridized carbons (Fsp3) is 0.150. The van der Waals surface area contributed by atoms with Gasteiger partial charge in [-0.3, -0.25) is 4.79 Å². The summed E-state index contributed by atoms with van der Waals surface area (Å²) in [6, 6.07) is 22.2. The molecule has 0 aliphatic heterocycles. The van der Waals surface area contributed by atoms with Crippen LogP contribution in [0.15, 0.2) is 72.1 Å². The zero-order valence-electron chi connectivity index (χ0n) is 13.4. The summed E-state index contributed by atoms with van der Waals surface area (Å²) in [5.74, 6) is 0.0160. The third kappa shape index (κ3) is 4.96. The molecule has 0 spiro atoms. The minimum Gasteiger partial charge on any atom is -0.385 e. The molecule has 3 rings (SSSR count). The molecular formula is C20H20N2OS. The van der Waals surface area contributed by atoms with E-state index in [1.807, 2.05) is 47.8 Å². The summed E-state index contributed by atoms with van der Waals surface area (Å²) in [6.45, 7) is 0.883. The monoisotopic (exact) mass is 336 g/mol. The maximum atomic E-state index is 12.0. The summed E-state index contributed by atoms with van der Waals surface area (Å²) >= 11 is 1.60. The van der Waals surface area contributed by atoms with Gasteiger partial charge in [0.1, 0.15) is 0 Å². The van der Waals surface area contributed by atoms with E-state index in [1.165, 1.54) is 5.56 Å². The molecule has 0 aliphatic rings. The number of amides is 1. The molecule has 3 nitrogen and oxygen atoms in total. The van der Waals surface area contributed by atoms with E-state index in [9.17, 15) is 4.79 Å². The Labute approximate surface area is 146 Å². The summed E-state index contributed by atoms with van der Waals surface area (Å²) < 4.78 is 0. The van der Waals surface area contributed by atoms with Crippen molar-refractivity contribution in [3.05, 3.63) is 82.6 Å². The molecule has 1 amide bonds. The molecule has 2 aromatic carbocycles. The molecule has 2 N–H and O–H groups in total. The van der Waals surface area contributed by atoms with E-state index in [1.54, 1.807) is 11.3 Å². The number of anilines is 2. The molecule has 4 heteroatoms. The van der Waals surface area contributed by atoms with E-state index >= 15 is 0 Å². The van der Waals surface area contributed by atoms with Gasteiger partial charge in [-0.05, 0) is 47.7 Å². The fourth-order valence-corrected chi connectivity index (χ4v) is 3.15. The van der Waals surface area contributed by atoms with Gasteiger partial charge >= 0.3 is 0 Å². The van der Waals surface area contributed by atoms with Crippen molar-refractivity contribution in [1.29, 1.82) is 0 Å². The lowest BCUT2D eigenvalue weighted by atomic mass is 10.1. The normalized spacial score (nSPS) is 10.3. The van der Waals surface area contributed by atoms with Gasteiger partial charge in [0.25, 0.3) is 0 Å². The maximum absolute atomic E-state index is 12.0. The third-order valence-corrected chi connectivity index (χ3v) is 4.55. The lowest BCUT2D eigenvalue weighted by Crippen LogP contribution is -2.13. The number of hydrogen-bond donors (Lipinski definition) is 2. The van der Waals surface area contributed by atoms with Crippen molar-refractivity contribution < 1.29 is 4.79 Å². The molecule has 122 valence electrons. The zero-order valence-corrected chi connectivity index (χ0v) is 14.2. The van der Waals surface area contributed by atoms with Gasteiger partial charge in [-0.15, -0.1) is 11.3 Å². The molecule has 0 aliphatic carbocycles. The van der Waals surface area contributed by atoms with Crippen molar-refractivity contribution in [3.8, 4) is 0 Å². The van der Waals surface area contributed by atoms with Crippen LogP contribution < -0.4 is 10.6 Å². The highest BCUT2D eigenvalue weighted by atomic mass is 32.1. The Morgan fingerprint density at radius 1 is 0.875 bits per heavy atom. The van der Waals surface area contributed by atoms with Crippen LogP contribution >= 0.6 is 11.3 Å². The fourth-order valence-electron chi connectivity index (χ4n) is 2.44. The summed E-state index contributed by atoms with van der Waals surface area (Å²) in [4.78, 5) is 13.0. The molecule has 0 atom stereocenters. The second-order valence-corrected chi connectivity index (χ2v) is 6.58. The number of nitrogens with one attached hydrogen (secondary N) is 2. The molecule has 24 heavy (non-hydrogen) atoms. The Hall–Kier alpha value is -2.59. The molecular weight excluding hydrogens is 316 g/mol. The summed E-state index contributed by atoms with van der Waals surface area (Å²) in [5, 5.41) is 8.31. The number of thiophene rings is 1. The molecule has 0 saturated heterocycles. The molecule has 0 saturated carbocycles. The minimum atomic E-state index is 0.0160. The van der Waals surface area contributed by atoms with Gasteiger partial charge in [0, 0.05) is 22.8 Å². The highest BCUT2D eigenvalue weighted by molar-refractivity contribution is 7.10. The highest BCUT2D eigenvalue weighted by Gasteiger charge is 2.04. The van der Waals surface area contributed by atoms with E-state index < -0.39 is 0 Å². The van der Waals surface area contributed by atoms with Gasteiger partial charge in [0.05, 0.1) is 6.42 Å². The Morgan fingerprint density at radius 2 is 1.62 bits per heavy atom. The molecule has 0 radical (unpaired) electrons. The number of carbonyl (C=O) groups is 1. The van der Waals surface area contributed by atoms with Gasteiger partial charge in [-0.25, -0.2) is 0 Å². The standard InChI is InChI=1S/C20H20N2OS/c23-20(15-19-7-4-14-24-19)22-18-10-8-17(9-11-18)21-13-12-16-5-2-1-3-6-16/h1-11,14,21H,12-13,15H2,(H,22,23). The number of carbonyl (C=O) groups excluding carboxylic acids is 1. The van der Waals surface area contributed by atoms with Crippen molar-refractivity contribution in [1.82, 2.24) is 0 Å². The van der Waals surface area contributed by atoms with Gasteiger partial charge < -0.3 is 10.6 Å². The molecule has 0 bridgehead atoms. The first-order valence-electron chi connectivity index (χ1n) is 8.00. The Kier molecular flexibility index (Phi) is 5.64. The largest absolute Gasteiger partial charge is 0.385 e. The average Bonchev–Trinajstić information content (AvgIpc) is 3.10. The smallest absolute Gasteiger partial charge is 0.229 e. The predicted molar refractivity (Wildman–Crippen MR) is 102 cm³/mol. The van der Waals surface area contributed by atoms with Gasteiger partial charge in [0.15, 0.2) is 0 Å². The van der Waals surface area contributed by atoms with Crippen molar-refractivity contribution in [2.75, 3.05) is 17.2 Å². The third-order valence-electron chi connectivity index (χ3n) is 3.67. The van der Waals surface area contributed by atoms with Crippen LogP contribution in [0, 0.1) is 0 Å². The molecule has 0 fully saturated rings. The Balaban J connectivity index is 1.45. The summed E-state index contributed by atoms with van der Waals surface area (Å²) in [6.07, 6.45) is 1.41. The van der Waals surface area contributed by atoms with Crippen LogP contribution in [0.3, 0.4) is 0 Å². The average molecular weight is 336 g/mol. The van der Waals surface area contributed by atoms with E-state index in [0.29, 0.717) is 6.42 Å². The van der Waals surface area contributed by atoms with Crippen LogP contribution in [0.5, 0.6) is 0 Å². The van der Waals surface area contributed by atoms with Gasteiger partial charge in [-0.2, -0.15) is 0 Å². The molecule has 1 heterocycles. The molecule has 3 aromatic rings. The lowest BCUT2D eigenvalue weighted by Gasteiger charge is -2.08. The number of hydrogen-bond acceptors (Lipinski definition) is 3. The SMILES string of the molecule is O=C(Cc1cccs1)Nc1ccc(NCCc2ccccc2)cc1. The van der Waals surface area contributed by atoms with Crippen molar-refractivity contribution in [3.63, 3.8) is 0 Å². The second kappa shape index (κ2) is 8.31. The minimum absolute atomic E-state index is 0.0160. The van der Waals surface area contributed by atoms with Crippen LogP contribution in [0.4, 0.5) is 11.4 Å². The van der Waals surface area contributed by atoms with E-state index in [2.05, 4.69) is 34.9 Å². The van der Waals surface area contributed by atoms with Crippen LogP contribution in [0.25, 0.3) is 0 Å². The first-order valence-corrected chi connectivity index (χ1v) is 8.88. The van der Waals surface area contributed by atoms with Crippen LogP contribution in [-0.4, -0.2) is 12.5 Å². The molecule has 1 aromatic heterocycles. The summed E-state index contributed by atoms with van der Waals surface area (Å²) in [7, 11) is 0. The lowest BCUT2D eigenvalue weighted by molar-refractivity contribution is -0.115. The van der Waals surface area contributed by atoms with Crippen LogP contribution in [-0.2, 0) is 17.6 Å². The Bertz CT molecular complexity index is 752. The van der Waals surface area contributed by atoms with E-state index in [4.69, 9.17) is 0 Å². The highest BCUT2D eigenvalue weighted by Crippen LogP contribution is 2.15. The summed E-state index contributed by atoms with van der Waals surface area (Å²) in [5.41, 5.74) is 3.20. The van der Waals surface area contributed by atoms with Gasteiger partial charge in [-0.1, -0.05) is 36.4 Å². The zero-order chi connectivity index (χ0) is 16.6. The van der Waals surface area contributed by atoms with Crippen molar-refractivity contribution in [2.24, 2.45) is 0 Å². The van der Waals surface area contributed by atoms with E-state index in [0.717, 1.165) is 29.2 Å². The van der Waals surface area contributed by atoms with Crippen LogP contribution in [0.2, 0.25) is 0 Å². The van der Waals surface area contributed by atoms with Crippen LogP contribution in [0.1, 0.15) is 10.4 Å². The topological polar surface area (TPSA) is 41.1 Å². The first-order chi connectivity index (χ1) is 11.8. The maximum Gasteiger partial charge on any atom is 0.229 e. The number of rotatable bonds is 7. The first kappa shape index (κ1) is 16.3. The van der Waals surface area contributed by atoms with E-state index in [-0.39, 0.29) is 5.91 Å². The molecule has 0 unspecified atom stereocenters. The van der Waals surface area contributed by atoms with Crippen molar-refractivity contribution in [2.45, 2.75) is 12.8 Å². The quantitative estimate of drug-likeness (QED) is 0.663.